The molecule has 1 N–H and O–H groups in total. The maximum absolute atomic E-state index is 12.6. The lowest BCUT2D eigenvalue weighted by atomic mass is 10.1. The first-order valence-corrected chi connectivity index (χ1v) is 8.42. The number of amides is 1. The van der Waals surface area contributed by atoms with Crippen molar-refractivity contribution in [2.24, 2.45) is 0 Å². The maximum atomic E-state index is 12.6. The van der Waals surface area contributed by atoms with Crippen LogP contribution < -0.4 is 0 Å². The predicted molar refractivity (Wildman–Crippen MR) is 94.0 cm³/mol. The molecule has 0 saturated heterocycles. The molecule has 1 heterocycles. The molecule has 0 aliphatic heterocycles. The number of aromatic nitrogens is 2. The van der Waals surface area contributed by atoms with Gasteiger partial charge in [0, 0.05) is 18.9 Å². The van der Waals surface area contributed by atoms with Crippen LogP contribution in [0.2, 0.25) is 10.0 Å². The summed E-state index contributed by atoms with van der Waals surface area (Å²) < 4.78 is 0. The molecule has 0 aliphatic carbocycles. The third-order valence-corrected chi connectivity index (χ3v) is 4.24. The van der Waals surface area contributed by atoms with Crippen LogP contribution in [0.4, 0.5) is 0 Å². The van der Waals surface area contributed by atoms with Gasteiger partial charge in [0.1, 0.15) is 6.10 Å². The van der Waals surface area contributed by atoms with E-state index in [0.29, 0.717) is 22.3 Å². The topological polar surface area (TPSA) is 66.3 Å². The number of nitrogens with zero attached hydrogens (tertiary/aromatic N) is 3. The van der Waals surface area contributed by atoms with E-state index < -0.39 is 6.10 Å². The van der Waals surface area contributed by atoms with Gasteiger partial charge in [0.25, 0.3) is 0 Å². The lowest BCUT2D eigenvalue weighted by molar-refractivity contribution is -0.132. The Morgan fingerprint density at radius 1 is 1.29 bits per heavy atom. The first-order valence-electron chi connectivity index (χ1n) is 7.67. The molecule has 0 bridgehead atoms. The summed E-state index contributed by atoms with van der Waals surface area (Å²) in [6.07, 6.45) is 4.67. The standard InChI is InChI=1S/C17H19Cl2N3O2/c1-2-7-22(11-16(23)15-10-20-5-6-21-15)17(24)9-12-3-4-13(18)14(19)8-12/h3-6,8,10,16,23H,2,7,9,11H2,1H3. The van der Waals surface area contributed by atoms with Crippen LogP contribution in [0.5, 0.6) is 0 Å². The van der Waals surface area contributed by atoms with Gasteiger partial charge in [-0.15, -0.1) is 0 Å². The van der Waals surface area contributed by atoms with Crippen molar-refractivity contribution < 1.29 is 9.90 Å². The van der Waals surface area contributed by atoms with Gasteiger partial charge in [-0.3, -0.25) is 14.8 Å². The second-order valence-corrected chi connectivity index (χ2v) is 6.23. The fraction of sp³-hybridized carbons (Fsp3) is 0.353. The molecule has 2 rings (SSSR count). The van der Waals surface area contributed by atoms with Gasteiger partial charge in [-0.1, -0.05) is 36.2 Å². The van der Waals surface area contributed by atoms with Crippen LogP contribution in [0.1, 0.15) is 30.7 Å². The monoisotopic (exact) mass is 367 g/mol. The van der Waals surface area contributed by atoms with Gasteiger partial charge in [-0.2, -0.15) is 0 Å². The van der Waals surface area contributed by atoms with Crippen molar-refractivity contribution in [1.29, 1.82) is 0 Å². The number of hydrogen-bond donors (Lipinski definition) is 1. The zero-order chi connectivity index (χ0) is 17.5. The molecule has 1 amide bonds. The molecule has 0 radical (unpaired) electrons. The molecule has 2 aromatic rings. The second kappa shape index (κ2) is 8.97. The molecule has 0 aliphatic rings. The van der Waals surface area contributed by atoms with Gasteiger partial charge in [0.05, 0.1) is 34.9 Å². The largest absolute Gasteiger partial charge is 0.385 e. The van der Waals surface area contributed by atoms with E-state index in [9.17, 15) is 9.90 Å². The van der Waals surface area contributed by atoms with Crippen molar-refractivity contribution in [3.8, 4) is 0 Å². The quantitative estimate of drug-likeness (QED) is 0.815. The summed E-state index contributed by atoms with van der Waals surface area (Å²) in [5.74, 6) is -0.0850. The molecule has 1 unspecified atom stereocenters. The highest BCUT2D eigenvalue weighted by molar-refractivity contribution is 6.42. The molecule has 0 spiro atoms. The first kappa shape index (κ1) is 18.6. The van der Waals surface area contributed by atoms with Crippen LogP contribution >= 0.6 is 23.2 Å². The van der Waals surface area contributed by atoms with Crippen LogP contribution in [0, 0.1) is 0 Å². The Bertz CT molecular complexity index is 683. The number of aliphatic hydroxyl groups excluding tert-OH is 1. The Morgan fingerprint density at radius 3 is 2.71 bits per heavy atom. The fourth-order valence-electron chi connectivity index (χ4n) is 2.31. The summed E-state index contributed by atoms with van der Waals surface area (Å²) >= 11 is 11.9. The number of carbonyl (C=O) groups is 1. The highest BCUT2D eigenvalue weighted by Gasteiger charge is 2.19. The van der Waals surface area contributed by atoms with E-state index in [2.05, 4.69) is 9.97 Å². The smallest absolute Gasteiger partial charge is 0.227 e. The number of aliphatic hydroxyl groups is 1. The van der Waals surface area contributed by atoms with Gasteiger partial charge >= 0.3 is 0 Å². The van der Waals surface area contributed by atoms with Crippen LogP contribution in [-0.4, -0.2) is 39.0 Å². The molecule has 1 aromatic heterocycles. The third kappa shape index (κ3) is 5.16. The maximum Gasteiger partial charge on any atom is 0.227 e. The summed E-state index contributed by atoms with van der Waals surface area (Å²) in [5, 5.41) is 11.2. The minimum Gasteiger partial charge on any atom is -0.385 e. The number of hydrogen-bond acceptors (Lipinski definition) is 4. The average molecular weight is 368 g/mol. The molecule has 7 heteroatoms. The van der Waals surface area contributed by atoms with Gasteiger partial charge in [-0.05, 0) is 24.1 Å². The average Bonchev–Trinajstić information content (AvgIpc) is 2.58. The van der Waals surface area contributed by atoms with E-state index in [1.54, 1.807) is 23.1 Å². The molecule has 128 valence electrons. The van der Waals surface area contributed by atoms with E-state index >= 15 is 0 Å². The molecule has 0 fully saturated rings. The number of carbonyl (C=O) groups excluding carboxylic acids is 1. The normalized spacial score (nSPS) is 12.0. The molecule has 1 aromatic carbocycles. The van der Waals surface area contributed by atoms with Crippen LogP contribution in [0.25, 0.3) is 0 Å². The molecular formula is C17H19Cl2N3O2. The Morgan fingerprint density at radius 2 is 2.08 bits per heavy atom. The van der Waals surface area contributed by atoms with Crippen LogP contribution in [-0.2, 0) is 11.2 Å². The van der Waals surface area contributed by atoms with E-state index in [-0.39, 0.29) is 18.9 Å². The predicted octanol–water partition coefficient (Wildman–Crippen LogP) is 3.30. The molecular weight excluding hydrogens is 349 g/mol. The van der Waals surface area contributed by atoms with E-state index in [1.165, 1.54) is 18.6 Å². The minimum absolute atomic E-state index is 0.0850. The van der Waals surface area contributed by atoms with Crippen LogP contribution in [0.3, 0.4) is 0 Å². The van der Waals surface area contributed by atoms with Crippen molar-refractivity contribution in [2.75, 3.05) is 13.1 Å². The van der Waals surface area contributed by atoms with Crippen molar-refractivity contribution in [3.05, 3.63) is 58.1 Å². The Balaban J connectivity index is 2.05. The summed E-state index contributed by atoms with van der Waals surface area (Å²) in [6, 6.07) is 5.13. The zero-order valence-electron chi connectivity index (χ0n) is 13.3. The minimum atomic E-state index is -0.872. The summed E-state index contributed by atoms with van der Waals surface area (Å²) in [4.78, 5) is 22.2. The van der Waals surface area contributed by atoms with Crippen molar-refractivity contribution in [2.45, 2.75) is 25.9 Å². The van der Waals surface area contributed by atoms with E-state index in [1.807, 2.05) is 6.92 Å². The lowest BCUT2D eigenvalue weighted by Gasteiger charge is -2.25. The van der Waals surface area contributed by atoms with Crippen molar-refractivity contribution in [1.82, 2.24) is 14.9 Å². The molecule has 5 nitrogen and oxygen atoms in total. The van der Waals surface area contributed by atoms with Crippen molar-refractivity contribution >= 4 is 29.1 Å². The summed E-state index contributed by atoms with van der Waals surface area (Å²) in [7, 11) is 0. The number of rotatable bonds is 7. The second-order valence-electron chi connectivity index (χ2n) is 5.41. The van der Waals surface area contributed by atoms with Gasteiger partial charge in [0.15, 0.2) is 0 Å². The van der Waals surface area contributed by atoms with E-state index in [0.717, 1.165) is 12.0 Å². The lowest BCUT2D eigenvalue weighted by Crippen LogP contribution is -2.36. The molecule has 24 heavy (non-hydrogen) atoms. The fourth-order valence-corrected chi connectivity index (χ4v) is 2.63. The Kier molecular flexibility index (Phi) is 6.97. The number of halogens is 2. The highest BCUT2D eigenvalue weighted by atomic mass is 35.5. The zero-order valence-corrected chi connectivity index (χ0v) is 14.8. The van der Waals surface area contributed by atoms with Crippen molar-refractivity contribution in [3.63, 3.8) is 0 Å². The Hall–Kier alpha value is -1.69. The summed E-state index contributed by atoms with van der Waals surface area (Å²) in [5.41, 5.74) is 1.23. The number of benzene rings is 1. The first-order chi connectivity index (χ1) is 11.5. The van der Waals surface area contributed by atoms with E-state index in [4.69, 9.17) is 23.2 Å². The summed E-state index contributed by atoms with van der Waals surface area (Å²) in [6.45, 7) is 2.71. The molecule has 0 saturated carbocycles. The third-order valence-electron chi connectivity index (χ3n) is 3.50. The molecule has 1 atom stereocenters. The van der Waals surface area contributed by atoms with Gasteiger partial charge < -0.3 is 10.0 Å². The Labute approximate surface area is 151 Å². The van der Waals surface area contributed by atoms with Gasteiger partial charge in [-0.25, -0.2) is 0 Å². The SMILES string of the molecule is CCCN(CC(O)c1cnccn1)C(=O)Cc1ccc(Cl)c(Cl)c1. The van der Waals surface area contributed by atoms with Crippen LogP contribution in [0.15, 0.2) is 36.8 Å². The van der Waals surface area contributed by atoms with Gasteiger partial charge in [0.2, 0.25) is 5.91 Å². The highest BCUT2D eigenvalue weighted by Crippen LogP contribution is 2.23.